The second-order valence-electron chi connectivity index (χ2n) is 3.09. The molecule has 0 radical (unpaired) electrons. The summed E-state index contributed by atoms with van der Waals surface area (Å²) in [5.74, 6) is -1.01. The Morgan fingerprint density at radius 3 is 2.94 bits per heavy atom. The molecule has 2 aromatic heterocycles. The predicted molar refractivity (Wildman–Crippen MR) is 61.4 cm³/mol. The lowest BCUT2D eigenvalue weighted by Gasteiger charge is -2.14. The first kappa shape index (κ1) is 10.6. The van der Waals surface area contributed by atoms with Gasteiger partial charge in [-0.1, -0.05) is 0 Å². The minimum Gasteiger partial charge on any atom is -0.476 e. The van der Waals surface area contributed by atoms with Gasteiger partial charge in [0.25, 0.3) is 0 Å². The Hall–Kier alpha value is -1.95. The van der Waals surface area contributed by atoms with Crippen molar-refractivity contribution in [3.63, 3.8) is 0 Å². The highest BCUT2D eigenvalue weighted by atomic mass is 32.1. The molecule has 0 bridgehead atoms. The molecule has 0 saturated heterocycles. The van der Waals surface area contributed by atoms with Gasteiger partial charge in [-0.05, 0) is 12.1 Å². The van der Waals surface area contributed by atoms with Crippen LogP contribution in [-0.2, 0) is 0 Å². The fraction of sp³-hybridized carbons (Fsp3) is 0.100. The molecule has 0 aliphatic heterocycles. The maximum absolute atomic E-state index is 10.7. The van der Waals surface area contributed by atoms with Gasteiger partial charge in [0.05, 0.1) is 11.9 Å². The van der Waals surface area contributed by atoms with Gasteiger partial charge in [-0.2, -0.15) is 0 Å². The number of carbonyl (C=O) groups is 1. The van der Waals surface area contributed by atoms with Crippen molar-refractivity contribution in [1.29, 1.82) is 0 Å². The van der Waals surface area contributed by atoms with E-state index in [4.69, 9.17) is 5.11 Å². The molecular formula is C10H9N3O2S. The van der Waals surface area contributed by atoms with E-state index in [0.29, 0.717) is 5.13 Å². The molecule has 0 fully saturated rings. The third kappa shape index (κ3) is 2.01. The molecule has 2 aromatic rings. The number of aromatic nitrogens is 2. The number of hydrogen-bond acceptors (Lipinski definition) is 5. The van der Waals surface area contributed by atoms with Crippen LogP contribution in [0.25, 0.3) is 0 Å². The van der Waals surface area contributed by atoms with E-state index in [1.165, 1.54) is 16.7 Å². The maximum Gasteiger partial charge on any atom is 0.355 e. The lowest BCUT2D eigenvalue weighted by atomic mass is 10.4. The Labute approximate surface area is 96.0 Å². The van der Waals surface area contributed by atoms with E-state index < -0.39 is 5.97 Å². The molecule has 0 unspecified atom stereocenters. The quantitative estimate of drug-likeness (QED) is 0.881. The normalized spacial score (nSPS) is 10.1. The zero-order valence-corrected chi connectivity index (χ0v) is 9.31. The molecule has 16 heavy (non-hydrogen) atoms. The van der Waals surface area contributed by atoms with Crippen LogP contribution in [0.15, 0.2) is 29.9 Å². The minimum atomic E-state index is -1.01. The molecule has 0 spiro atoms. The number of aromatic carboxylic acids is 1. The van der Waals surface area contributed by atoms with Gasteiger partial charge in [0, 0.05) is 18.6 Å². The van der Waals surface area contributed by atoms with Crippen LogP contribution in [0.5, 0.6) is 0 Å². The molecule has 0 amide bonds. The smallest absolute Gasteiger partial charge is 0.355 e. The molecule has 1 N–H and O–H groups in total. The third-order valence-electron chi connectivity index (χ3n) is 2.03. The first-order valence-electron chi connectivity index (χ1n) is 4.51. The molecule has 82 valence electrons. The highest BCUT2D eigenvalue weighted by Crippen LogP contribution is 2.25. The lowest BCUT2D eigenvalue weighted by molar-refractivity contribution is 0.0691. The van der Waals surface area contributed by atoms with Gasteiger partial charge in [0.15, 0.2) is 10.8 Å². The zero-order chi connectivity index (χ0) is 11.5. The molecular weight excluding hydrogens is 226 g/mol. The molecule has 0 aromatic carbocycles. The molecule has 6 heteroatoms. The van der Waals surface area contributed by atoms with Crippen LogP contribution < -0.4 is 4.90 Å². The van der Waals surface area contributed by atoms with Crippen LogP contribution >= 0.6 is 11.3 Å². The molecule has 0 atom stereocenters. The van der Waals surface area contributed by atoms with Gasteiger partial charge in [-0.25, -0.2) is 9.78 Å². The summed E-state index contributed by atoms with van der Waals surface area (Å²) in [5, 5.41) is 10.9. The van der Waals surface area contributed by atoms with E-state index in [9.17, 15) is 4.79 Å². The summed E-state index contributed by atoms with van der Waals surface area (Å²) in [6.45, 7) is 0. The summed E-state index contributed by atoms with van der Waals surface area (Å²) >= 11 is 1.29. The van der Waals surface area contributed by atoms with Crippen LogP contribution in [0.3, 0.4) is 0 Å². The van der Waals surface area contributed by atoms with Crippen molar-refractivity contribution in [2.24, 2.45) is 0 Å². The topological polar surface area (TPSA) is 66.3 Å². The molecule has 0 aliphatic rings. The number of rotatable bonds is 3. The van der Waals surface area contributed by atoms with Crippen molar-refractivity contribution in [3.05, 3.63) is 35.6 Å². The van der Waals surface area contributed by atoms with Gasteiger partial charge in [-0.3, -0.25) is 4.98 Å². The summed E-state index contributed by atoms with van der Waals surface area (Å²) in [6.07, 6.45) is 3.38. The Bertz CT molecular complexity index is 498. The maximum atomic E-state index is 10.7. The Balaban J connectivity index is 2.27. The first-order valence-corrected chi connectivity index (χ1v) is 5.39. The van der Waals surface area contributed by atoms with E-state index in [-0.39, 0.29) is 5.69 Å². The van der Waals surface area contributed by atoms with Crippen LogP contribution in [0.2, 0.25) is 0 Å². The standard InChI is InChI=1S/C10H9N3O2S/c1-13(7-3-2-4-11-5-7)10-12-8(6-16-10)9(14)15/h2-6H,1H3,(H,14,15). The van der Waals surface area contributed by atoms with E-state index >= 15 is 0 Å². The lowest BCUT2D eigenvalue weighted by Crippen LogP contribution is -2.09. The number of hydrogen-bond donors (Lipinski definition) is 1. The summed E-state index contributed by atoms with van der Waals surface area (Å²) in [5.41, 5.74) is 0.935. The summed E-state index contributed by atoms with van der Waals surface area (Å²) < 4.78 is 0. The van der Waals surface area contributed by atoms with E-state index in [1.54, 1.807) is 17.3 Å². The average Bonchev–Trinajstić information content (AvgIpc) is 2.78. The van der Waals surface area contributed by atoms with Crippen LogP contribution in [0.4, 0.5) is 10.8 Å². The average molecular weight is 235 g/mol. The van der Waals surface area contributed by atoms with Crippen LogP contribution in [0.1, 0.15) is 10.5 Å². The SMILES string of the molecule is CN(c1cccnc1)c1nc(C(=O)O)cs1. The van der Waals surface area contributed by atoms with E-state index in [2.05, 4.69) is 9.97 Å². The summed E-state index contributed by atoms with van der Waals surface area (Å²) in [4.78, 5) is 20.5. The second kappa shape index (κ2) is 4.28. The van der Waals surface area contributed by atoms with Crippen LogP contribution in [0, 0.1) is 0 Å². The summed E-state index contributed by atoms with van der Waals surface area (Å²) in [7, 11) is 1.82. The summed E-state index contributed by atoms with van der Waals surface area (Å²) in [6, 6.07) is 3.70. The molecule has 5 nitrogen and oxygen atoms in total. The van der Waals surface area contributed by atoms with Crippen molar-refractivity contribution in [2.75, 3.05) is 11.9 Å². The molecule has 0 aliphatic carbocycles. The monoisotopic (exact) mass is 235 g/mol. The molecule has 0 saturated carbocycles. The highest BCUT2D eigenvalue weighted by molar-refractivity contribution is 7.14. The number of nitrogens with zero attached hydrogens (tertiary/aromatic N) is 3. The molecule has 2 heterocycles. The Kier molecular flexibility index (Phi) is 2.82. The predicted octanol–water partition coefficient (Wildman–Crippen LogP) is 2.00. The van der Waals surface area contributed by atoms with Crippen LogP contribution in [-0.4, -0.2) is 28.1 Å². The fourth-order valence-electron chi connectivity index (χ4n) is 1.18. The van der Waals surface area contributed by atoms with Crippen molar-refractivity contribution < 1.29 is 9.90 Å². The highest BCUT2D eigenvalue weighted by Gasteiger charge is 2.12. The van der Waals surface area contributed by atoms with Crippen molar-refractivity contribution in [2.45, 2.75) is 0 Å². The zero-order valence-electron chi connectivity index (χ0n) is 8.49. The number of pyridine rings is 1. The number of thiazole rings is 1. The molecule has 2 rings (SSSR count). The number of carboxylic acid groups (broad SMARTS) is 1. The van der Waals surface area contributed by atoms with Gasteiger partial charge >= 0.3 is 5.97 Å². The number of carboxylic acids is 1. The Morgan fingerprint density at radius 2 is 2.38 bits per heavy atom. The van der Waals surface area contributed by atoms with E-state index in [1.807, 2.05) is 19.2 Å². The second-order valence-corrected chi connectivity index (χ2v) is 3.93. The van der Waals surface area contributed by atoms with E-state index in [0.717, 1.165) is 5.69 Å². The fourth-order valence-corrected chi connectivity index (χ4v) is 1.96. The van der Waals surface area contributed by atoms with Gasteiger partial charge < -0.3 is 10.0 Å². The van der Waals surface area contributed by atoms with Gasteiger partial charge in [0.2, 0.25) is 0 Å². The Morgan fingerprint density at radius 1 is 1.56 bits per heavy atom. The number of anilines is 2. The van der Waals surface area contributed by atoms with Crippen molar-refractivity contribution >= 4 is 28.1 Å². The largest absolute Gasteiger partial charge is 0.476 e. The first-order chi connectivity index (χ1) is 7.68. The van der Waals surface area contributed by atoms with Gasteiger partial charge in [0.1, 0.15) is 0 Å². The van der Waals surface area contributed by atoms with Gasteiger partial charge in [-0.15, -0.1) is 11.3 Å². The van der Waals surface area contributed by atoms with Crippen molar-refractivity contribution in [3.8, 4) is 0 Å². The van der Waals surface area contributed by atoms with Crippen molar-refractivity contribution in [1.82, 2.24) is 9.97 Å². The third-order valence-corrected chi connectivity index (χ3v) is 2.95. The minimum absolute atomic E-state index is 0.0655.